The van der Waals surface area contributed by atoms with Crippen LogP contribution in [0.25, 0.3) is 0 Å². The van der Waals surface area contributed by atoms with Crippen LogP contribution in [0.1, 0.15) is 135 Å². The van der Waals surface area contributed by atoms with Crippen LogP contribution in [0.15, 0.2) is 0 Å². The SMILES string of the molecule is CC(=O)[C@H](CO)NCC(=O)[C@@H](N)CCCCNC(=O)CCCS(=O)(=O)NC(=O)CCCCCCCCCCCCCCCc1nn[nH]n1. The summed E-state index contributed by atoms with van der Waals surface area (Å²) in [7, 11) is -3.79. The molecule has 0 saturated carbocycles. The van der Waals surface area contributed by atoms with Crippen LogP contribution in [0.2, 0.25) is 0 Å². The molecule has 1 heterocycles. The van der Waals surface area contributed by atoms with Crippen molar-refractivity contribution in [1.82, 2.24) is 36.0 Å². The highest BCUT2D eigenvalue weighted by molar-refractivity contribution is 7.90. The average molecular weight is 701 g/mol. The van der Waals surface area contributed by atoms with Gasteiger partial charge in [0.2, 0.25) is 21.8 Å². The minimum atomic E-state index is -3.79. The van der Waals surface area contributed by atoms with Crippen LogP contribution < -0.4 is 21.1 Å². The third-order valence-electron chi connectivity index (χ3n) is 8.15. The predicted molar refractivity (Wildman–Crippen MR) is 183 cm³/mol. The van der Waals surface area contributed by atoms with Crippen LogP contribution in [-0.4, -0.2) is 95.1 Å². The molecular formula is C32H60N8O7S. The second-order valence-electron chi connectivity index (χ2n) is 12.5. The molecule has 48 heavy (non-hydrogen) atoms. The van der Waals surface area contributed by atoms with E-state index in [9.17, 15) is 27.6 Å². The van der Waals surface area contributed by atoms with Gasteiger partial charge < -0.3 is 16.2 Å². The van der Waals surface area contributed by atoms with E-state index in [0.29, 0.717) is 32.2 Å². The maximum absolute atomic E-state index is 12.2. The number of aliphatic hydroxyl groups excluding tert-OH is 1. The fraction of sp³-hybridized carbons (Fsp3) is 0.844. The lowest BCUT2D eigenvalue weighted by Gasteiger charge is -2.15. The Hall–Kier alpha value is -2.82. The van der Waals surface area contributed by atoms with Crippen molar-refractivity contribution in [2.24, 2.45) is 5.73 Å². The molecule has 1 rings (SSSR count). The molecule has 276 valence electrons. The molecule has 2 amide bonds. The van der Waals surface area contributed by atoms with E-state index in [1.807, 2.05) is 0 Å². The summed E-state index contributed by atoms with van der Waals surface area (Å²) in [5, 5.41) is 28.5. The van der Waals surface area contributed by atoms with E-state index in [1.54, 1.807) is 0 Å². The zero-order valence-electron chi connectivity index (χ0n) is 28.8. The number of nitrogens with one attached hydrogen (secondary N) is 4. The Kier molecular flexibility index (Phi) is 24.3. The standard InChI is InChI=1S/C32H60N8O7S/c1-26(42)28(25-41)35-24-29(43)27(33)18-15-16-22-34-31(44)21-17-23-48(46,47)38-32(45)20-14-12-10-8-6-4-2-3-5-7-9-11-13-19-30-36-39-40-37-30/h27-28,35,41H,2-25,33H2,1H3,(H,34,44)(H,38,45)(H,36,37,39,40)/t27-,28-/m0/s1. The van der Waals surface area contributed by atoms with Crippen molar-refractivity contribution in [3.05, 3.63) is 5.82 Å². The summed E-state index contributed by atoms with van der Waals surface area (Å²) in [6, 6.07) is -1.51. The summed E-state index contributed by atoms with van der Waals surface area (Å²) in [5.41, 5.74) is 5.88. The van der Waals surface area contributed by atoms with E-state index < -0.39 is 34.6 Å². The number of amides is 2. The minimum absolute atomic E-state index is 0.0184. The molecule has 16 heteroatoms. The summed E-state index contributed by atoms with van der Waals surface area (Å²) in [6.45, 7) is 1.18. The molecule has 1 aromatic rings. The van der Waals surface area contributed by atoms with Crippen LogP contribution in [-0.2, 0) is 35.6 Å². The number of carbonyl (C=O) groups is 4. The van der Waals surface area contributed by atoms with Gasteiger partial charge in [0.05, 0.1) is 31.0 Å². The Morgan fingerprint density at radius 3 is 1.96 bits per heavy atom. The van der Waals surface area contributed by atoms with Crippen molar-refractivity contribution < 1.29 is 32.7 Å². The van der Waals surface area contributed by atoms with Crippen molar-refractivity contribution in [2.45, 2.75) is 147 Å². The van der Waals surface area contributed by atoms with Gasteiger partial charge in [-0.2, -0.15) is 5.21 Å². The Balaban J connectivity index is 1.94. The zero-order valence-corrected chi connectivity index (χ0v) is 29.7. The van der Waals surface area contributed by atoms with Crippen molar-refractivity contribution in [3.8, 4) is 0 Å². The van der Waals surface area contributed by atoms with Crippen LogP contribution in [0, 0.1) is 0 Å². The maximum Gasteiger partial charge on any atom is 0.234 e. The predicted octanol–water partition coefficient (Wildman–Crippen LogP) is 2.15. The number of aliphatic hydroxyl groups is 1. The molecule has 1 aromatic heterocycles. The lowest BCUT2D eigenvalue weighted by atomic mass is 10.0. The molecular weight excluding hydrogens is 640 g/mol. The number of hydrogen-bond donors (Lipinski definition) is 6. The van der Waals surface area contributed by atoms with Gasteiger partial charge in [-0.15, -0.1) is 10.2 Å². The highest BCUT2D eigenvalue weighted by Gasteiger charge is 2.18. The lowest BCUT2D eigenvalue weighted by Crippen LogP contribution is -2.45. The normalized spacial score (nSPS) is 12.8. The summed E-state index contributed by atoms with van der Waals surface area (Å²) >= 11 is 0. The first-order valence-corrected chi connectivity index (χ1v) is 19.3. The van der Waals surface area contributed by atoms with Crippen LogP contribution in [0.4, 0.5) is 0 Å². The average Bonchev–Trinajstić information content (AvgIpc) is 3.56. The van der Waals surface area contributed by atoms with Gasteiger partial charge in [0, 0.05) is 25.8 Å². The number of nitrogens with zero attached hydrogens (tertiary/aromatic N) is 3. The number of aromatic nitrogens is 4. The molecule has 0 bridgehead atoms. The Bertz CT molecular complexity index is 1140. The molecule has 0 fully saturated rings. The second kappa shape index (κ2) is 27.1. The quantitative estimate of drug-likeness (QED) is 0.0593. The number of tetrazole rings is 1. The highest BCUT2D eigenvalue weighted by atomic mass is 32.2. The van der Waals surface area contributed by atoms with Gasteiger partial charge in [-0.3, -0.25) is 29.2 Å². The van der Waals surface area contributed by atoms with Crippen molar-refractivity contribution in [1.29, 1.82) is 0 Å². The van der Waals surface area contributed by atoms with E-state index >= 15 is 0 Å². The number of rotatable bonds is 32. The molecule has 0 aromatic carbocycles. The van der Waals surface area contributed by atoms with Gasteiger partial charge in [0.25, 0.3) is 0 Å². The number of Topliss-reactive ketones (excluding diaryl/α,β-unsaturated/α-hetero) is 2. The smallest absolute Gasteiger partial charge is 0.234 e. The van der Waals surface area contributed by atoms with Crippen molar-refractivity contribution >= 4 is 33.4 Å². The lowest BCUT2D eigenvalue weighted by molar-refractivity contribution is -0.122. The molecule has 0 unspecified atom stereocenters. The number of H-pyrrole nitrogens is 1. The second-order valence-corrected chi connectivity index (χ2v) is 14.4. The fourth-order valence-electron chi connectivity index (χ4n) is 5.16. The van der Waals surface area contributed by atoms with Gasteiger partial charge in [-0.25, -0.2) is 8.42 Å². The number of aryl methyl sites for hydroxylation is 1. The van der Waals surface area contributed by atoms with E-state index in [0.717, 1.165) is 37.9 Å². The summed E-state index contributed by atoms with van der Waals surface area (Å²) < 4.78 is 26.6. The molecule has 15 nitrogen and oxygen atoms in total. The molecule has 0 aliphatic rings. The number of nitrogens with two attached hydrogens (primary N) is 1. The Labute approximate surface area is 286 Å². The molecule has 0 aliphatic carbocycles. The number of carbonyl (C=O) groups excluding carboxylic acids is 4. The zero-order chi connectivity index (χ0) is 35.5. The van der Waals surface area contributed by atoms with Crippen molar-refractivity contribution in [3.63, 3.8) is 0 Å². The van der Waals surface area contributed by atoms with Crippen LogP contribution in [0.5, 0.6) is 0 Å². The van der Waals surface area contributed by atoms with Gasteiger partial charge in [-0.05, 0) is 45.4 Å². The molecule has 7 N–H and O–H groups in total. The van der Waals surface area contributed by atoms with Gasteiger partial charge in [-0.1, -0.05) is 75.8 Å². The number of ketones is 2. The summed E-state index contributed by atoms with van der Waals surface area (Å²) in [6.07, 6.45) is 17.5. The Morgan fingerprint density at radius 2 is 1.40 bits per heavy atom. The summed E-state index contributed by atoms with van der Waals surface area (Å²) in [5.74, 6) is -0.843. The van der Waals surface area contributed by atoms with E-state index in [4.69, 9.17) is 10.8 Å². The van der Waals surface area contributed by atoms with E-state index in [-0.39, 0.29) is 49.0 Å². The van der Waals surface area contributed by atoms with Crippen LogP contribution in [0.3, 0.4) is 0 Å². The largest absolute Gasteiger partial charge is 0.394 e. The van der Waals surface area contributed by atoms with Gasteiger partial charge in [0.15, 0.2) is 11.6 Å². The topological polar surface area (TPSA) is 239 Å². The fourth-order valence-corrected chi connectivity index (χ4v) is 6.23. The van der Waals surface area contributed by atoms with Crippen molar-refractivity contribution in [2.75, 3.05) is 25.4 Å². The Morgan fingerprint density at radius 1 is 0.812 bits per heavy atom. The number of unbranched alkanes of at least 4 members (excludes halogenated alkanes) is 13. The highest BCUT2D eigenvalue weighted by Crippen LogP contribution is 2.13. The maximum atomic E-state index is 12.2. The summed E-state index contributed by atoms with van der Waals surface area (Å²) in [4.78, 5) is 47.5. The van der Waals surface area contributed by atoms with Gasteiger partial charge >= 0.3 is 0 Å². The first-order chi connectivity index (χ1) is 23.0. The molecule has 0 radical (unpaired) electrons. The van der Waals surface area contributed by atoms with E-state index in [1.165, 1.54) is 58.3 Å². The van der Waals surface area contributed by atoms with E-state index in [2.05, 4.69) is 36.0 Å². The monoisotopic (exact) mass is 700 g/mol. The molecule has 0 spiro atoms. The van der Waals surface area contributed by atoms with Crippen LogP contribution >= 0.6 is 0 Å². The third kappa shape index (κ3) is 23.5. The first kappa shape index (κ1) is 43.2. The third-order valence-corrected chi connectivity index (χ3v) is 9.52. The molecule has 0 aliphatic heterocycles. The molecule has 2 atom stereocenters. The van der Waals surface area contributed by atoms with Gasteiger partial charge in [0.1, 0.15) is 5.78 Å². The number of sulfonamides is 1. The minimum Gasteiger partial charge on any atom is -0.394 e. The first-order valence-electron chi connectivity index (χ1n) is 17.7. The molecule has 0 saturated heterocycles. The number of hydrogen-bond acceptors (Lipinski definition) is 12. The number of aromatic amines is 1.